The Kier molecular flexibility index (Phi) is 5.85. The standard InChI is InChI=1S/C18H17F3N4O4/c1-24(2)16(26)15-9-25(18(27)29-15)8-11-6-22-7-13(23-11)10-3-4-12(19)14(5-10)28-17(20)21/h3-7,15,17H,8-9H2,1-2H3. The van der Waals surface area contributed by atoms with Crippen molar-refractivity contribution in [2.24, 2.45) is 0 Å². The van der Waals surface area contributed by atoms with Gasteiger partial charge in [-0.25, -0.2) is 14.2 Å². The van der Waals surface area contributed by atoms with E-state index in [0.717, 1.165) is 12.1 Å². The maximum absolute atomic E-state index is 13.6. The minimum absolute atomic E-state index is 0.0263. The van der Waals surface area contributed by atoms with Crippen LogP contribution >= 0.6 is 0 Å². The first-order chi connectivity index (χ1) is 13.7. The Hall–Kier alpha value is -3.37. The SMILES string of the molecule is CN(C)C(=O)C1CN(Cc2cncc(-c3ccc(F)c(OC(F)F)c3)n2)C(=O)O1. The molecule has 11 heteroatoms. The quantitative estimate of drug-likeness (QED) is 0.727. The van der Waals surface area contributed by atoms with Gasteiger partial charge in [0.15, 0.2) is 17.7 Å². The maximum atomic E-state index is 13.6. The first-order valence-electron chi connectivity index (χ1n) is 8.47. The summed E-state index contributed by atoms with van der Waals surface area (Å²) in [6.07, 6.45) is 1.22. The smallest absolute Gasteiger partial charge is 0.411 e. The van der Waals surface area contributed by atoms with E-state index in [0.29, 0.717) is 11.3 Å². The summed E-state index contributed by atoms with van der Waals surface area (Å²) in [6.45, 7) is -3.08. The van der Waals surface area contributed by atoms with Crippen LogP contribution in [0, 0.1) is 5.82 Å². The molecule has 154 valence electrons. The van der Waals surface area contributed by atoms with E-state index in [2.05, 4.69) is 14.7 Å². The van der Waals surface area contributed by atoms with Crippen molar-refractivity contribution in [1.29, 1.82) is 0 Å². The minimum atomic E-state index is -3.17. The van der Waals surface area contributed by atoms with Crippen LogP contribution in [0.4, 0.5) is 18.0 Å². The van der Waals surface area contributed by atoms with E-state index in [1.54, 1.807) is 14.1 Å². The number of carbonyl (C=O) groups is 2. The first-order valence-corrected chi connectivity index (χ1v) is 8.47. The second-order valence-corrected chi connectivity index (χ2v) is 6.40. The van der Waals surface area contributed by atoms with Crippen molar-refractivity contribution in [3.8, 4) is 17.0 Å². The molecule has 1 unspecified atom stereocenters. The molecule has 1 atom stereocenters. The van der Waals surface area contributed by atoms with E-state index in [-0.39, 0.29) is 24.7 Å². The lowest BCUT2D eigenvalue weighted by Gasteiger charge is -2.15. The van der Waals surface area contributed by atoms with Crippen molar-refractivity contribution >= 4 is 12.0 Å². The molecular weight excluding hydrogens is 393 g/mol. The fourth-order valence-corrected chi connectivity index (χ4v) is 2.72. The zero-order chi connectivity index (χ0) is 21.1. The Balaban J connectivity index is 1.77. The number of halogens is 3. The predicted octanol–water partition coefficient (Wildman–Crippen LogP) is 2.29. The van der Waals surface area contributed by atoms with Crippen LogP contribution in [0.15, 0.2) is 30.6 Å². The van der Waals surface area contributed by atoms with Crippen LogP contribution in [-0.2, 0) is 16.1 Å². The zero-order valence-electron chi connectivity index (χ0n) is 15.5. The summed E-state index contributed by atoms with van der Waals surface area (Å²) >= 11 is 0. The van der Waals surface area contributed by atoms with Crippen LogP contribution in [0.5, 0.6) is 5.75 Å². The summed E-state index contributed by atoms with van der Waals surface area (Å²) < 4.78 is 47.6. The molecule has 1 aliphatic heterocycles. The van der Waals surface area contributed by atoms with Crippen molar-refractivity contribution in [2.45, 2.75) is 19.3 Å². The third-order valence-electron chi connectivity index (χ3n) is 4.08. The summed E-state index contributed by atoms with van der Waals surface area (Å²) in [7, 11) is 3.12. The largest absolute Gasteiger partial charge is 0.434 e. The minimum Gasteiger partial charge on any atom is -0.434 e. The van der Waals surface area contributed by atoms with E-state index in [1.807, 2.05) is 0 Å². The Bertz CT molecular complexity index is 926. The molecule has 1 aromatic carbocycles. The summed E-state index contributed by atoms with van der Waals surface area (Å²) in [5, 5.41) is 0. The highest BCUT2D eigenvalue weighted by molar-refractivity contribution is 5.86. The van der Waals surface area contributed by atoms with Gasteiger partial charge in [-0.05, 0) is 18.2 Å². The summed E-state index contributed by atoms with van der Waals surface area (Å²) in [6, 6.07) is 3.42. The molecule has 8 nitrogen and oxygen atoms in total. The van der Waals surface area contributed by atoms with E-state index in [4.69, 9.17) is 4.74 Å². The molecule has 0 N–H and O–H groups in total. The van der Waals surface area contributed by atoms with Gasteiger partial charge in [-0.2, -0.15) is 8.78 Å². The summed E-state index contributed by atoms with van der Waals surface area (Å²) in [5.74, 6) is -1.88. The fourth-order valence-electron chi connectivity index (χ4n) is 2.72. The number of hydrogen-bond acceptors (Lipinski definition) is 6. The van der Waals surface area contributed by atoms with Gasteiger partial charge in [0.2, 0.25) is 0 Å². The van der Waals surface area contributed by atoms with Gasteiger partial charge in [0.05, 0.1) is 36.9 Å². The van der Waals surface area contributed by atoms with Crippen LogP contribution in [0.1, 0.15) is 5.69 Å². The van der Waals surface area contributed by atoms with Crippen LogP contribution in [0.25, 0.3) is 11.3 Å². The molecule has 0 radical (unpaired) electrons. The Morgan fingerprint density at radius 1 is 1.38 bits per heavy atom. The third kappa shape index (κ3) is 4.73. The van der Waals surface area contributed by atoms with Crippen LogP contribution in [0.2, 0.25) is 0 Å². The second-order valence-electron chi connectivity index (χ2n) is 6.40. The van der Waals surface area contributed by atoms with Gasteiger partial charge >= 0.3 is 12.7 Å². The molecule has 1 saturated heterocycles. The lowest BCUT2D eigenvalue weighted by Crippen LogP contribution is -2.36. The van der Waals surface area contributed by atoms with Crippen molar-refractivity contribution in [2.75, 3.05) is 20.6 Å². The number of benzene rings is 1. The number of ether oxygens (including phenoxy) is 2. The van der Waals surface area contributed by atoms with Gasteiger partial charge in [0.25, 0.3) is 5.91 Å². The molecule has 0 spiro atoms. The molecule has 1 aliphatic rings. The number of likely N-dealkylation sites (N-methyl/N-ethyl adjacent to an activating group) is 1. The first kappa shape index (κ1) is 20.4. The lowest BCUT2D eigenvalue weighted by molar-refractivity contribution is -0.135. The number of rotatable bonds is 6. The van der Waals surface area contributed by atoms with Gasteiger partial charge < -0.3 is 14.4 Å². The van der Waals surface area contributed by atoms with Crippen molar-refractivity contribution in [3.63, 3.8) is 0 Å². The lowest BCUT2D eigenvalue weighted by atomic mass is 10.1. The second kappa shape index (κ2) is 8.33. The average molecular weight is 410 g/mol. The molecule has 29 heavy (non-hydrogen) atoms. The van der Waals surface area contributed by atoms with E-state index in [9.17, 15) is 22.8 Å². The van der Waals surface area contributed by atoms with Crippen LogP contribution in [0.3, 0.4) is 0 Å². The molecule has 2 amide bonds. The number of hydrogen-bond donors (Lipinski definition) is 0. The Morgan fingerprint density at radius 3 is 2.83 bits per heavy atom. The fraction of sp³-hybridized carbons (Fsp3) is 0.333. The summed E-state index contributed by atoms with van der Waals surface area (Å²) in [5.41, 5.74) is 0.953. The van der Waals surface area contributed by atoms with Gasteiger partial charge in [-0.15, -0.1) is 0 Å². The van der Waals surface area contributed by atoms with Crippen molar-refractivity contribution in [3.05, 3.63) is 42.1 Å². The molecule has 0 aliphatic carbocycles. The topological polar surface area (TPSA) is 84.9 Å². The molecule has 2 aromatic rings. The molecule has 0 bridgehead atoms. The average Bonchev–Trinajstić information content (AvgIpc) is 3.03. The molecule has 1 aromatic heterocycles. The van der Waals surface area contributed by atoms with Gasteiger partial charge in [-0.1, -0.05) is 0 Å². The highest BCUT2D eigenvalue weighted by atomic mass is 19.3. The number of carbonyl (C=O) groups excluding carboxylic acids is 2. The van der Waals surface area contributed by atoms with Gasteiger partial charge in [-0.3, -0.25) is 14.7 Å². The molecule has 2 heterocycles. The summed E-state index contributed by atoms with van der Waals surface area (Å²) in [4.78, 5) is 35.0. The maximum Gasteiger partial charge on any atom is 0.411 e. The molecule has 3 rings (SSSR count). The number of alkyl halides is 2. The van der Waals surface area contributed by atoms with Crippen molar-refractivity contribution < 1.29 is 32.2 Å². The predicted molar refractivity (Wildman–Crippen MR) is 93.4 cm³/mol. The zero-order valence-corrected chi connectivity index (χ0v) is 15.5. The Morgan fingerprint density at radius 2 is 2.14 bits per heavy atom. The third-order valence-corrected chi connectivity index (χ3v) is 4.08. The van der Waals surface area contributed by atoms with E-state index >= 15 is 0 Å². The van der Waals surface area contributed by atoms with Crippen LogP contribution in [-0.4, -0.2) is 65.1 Å². The molecule has 0 saturated carbocycles. The normalized spacial score (nSPS) is 16.1. The monoisotopic (exact) mass is 410 g/mol. The van der Waals surface area contributed by atoms with E-state index < -0.39 is 30.4 Å². The van der Waals surface area contributed by atoms with Crippen molar-refractivity contribution in [1.82, 2.24) is 19.8 Å². The molecular formula is C18H17F3N4O4. The number of nitrogens with zero attached hydrogens (tertiary/aromatic N) is 4. The van der Waals surface area contributed by atoms with E-state index in [1.165, 1.54) is 28.3 Å². The highest BCUT2D eigenvalue weighted by Gasteiger charge is 2.37. The highest BCUT2D eigenvalue weighted by Crippen LogP contribution is 2.26. The number of amides is 2. The Labute approximate surface area is 163 Å². The molecule has 1 fully saturated rings. The van der Waals surface area contributed by atoms with Gasteiger partial charge in [0, 0.05) is 19.7 Å². The van der Waals surface area contributed by atoms with Crippen LogP contribution < -0.4 is 4.74 Å². The van der Waals surface area contributed by atoms with Gasteiger partial charge in [0.1, 0.15) is 0 Å². The number of aromatic nitrogens is 2. The number of cyclic esters (lactones) is 1.